The SMILES string of the molecule is CCC(C)[C@H]1O[C@]2(C[C@@H]3C[C@@H](C/C=C(\C)[C@@H](O)[C@@H](C)/C=C/C=C(\C)c4cc(O)c(C)cc4C(=O)O3)O2)C[C@H](O)[C@@H]1C. The van der Waals surface area contributed by atoms with E-state index in [2.05, 4.69) is 13.8 Å². The number of hydrogen-bond acceptors (Lipinski definition) is 7. The molecule has 2 bridgehead atoms. The molecule has 0 aromatic heterocycles. The summed E-state index contributed by atoms with van der Waals surface area (Å²) in [6, 6.07) is 3.27. The van der Waals surface area contributed by atoms with Gasteiger partial charge in [-0.25, -0.2) is 4.79 Å². The Hall–Kier alpha value is -2.45. The summed E-state index contributed by atoms with van der Waals surface area (Å²) in [5.74, 6) is -1.41. The van der Waals surface area contributed by atoms with Crippen molar-refractivity contribution < 1.29 is 34.3 Å². The highest BCUT2D eigenvalue weighted by Crippen LogP contribution is 2.45. The van der Waals surface area contributed by atoms with Crippen LogP contribution in [0.15, 0.2) is 42.0 Å². The molecule has 9 atom stereocenters. The van der Waals surface area contributed by atoms with Crippen LogP contribution in [0.3, 0.4) is 0 Å². The predicted octanol–water partition coefficient (Wildman–Crippen LogP) is 6.24. The van der Waals surface area contributed by atoms with E-state index in [-0.39, 0.29) is 35.7 Å². The molecular formula is C34H48O7. The molecular weight excluding hydrogens is 520 g/mol. The van der Waals surface area contributed by atoms with Crippen molar-refractivity contribution in [1.82, 2.24) is 0 Å². The Labute approximate surface area is 244 Å². The summed E-state index contributed by atoms with van der Waals surface area (Å²) in [6.07, 6.45) is 7.88. The van der Waals surface area contributed by atoms with E-state index >= 15 is 0 Å². The number of esters is 1. The van der Waals surface area contributed by atoms with Crippen LogP contribution in [0.5, 0.6) is 5.75 Å². The van der Waals surface area contributed by atoms with Gasteiger partial charge in [-0.3, -0.25) is 0 Å². The van der Waals surface area contributed by atoms with E-state index in [9.17, 15) is 20.1 Å². The molecule has 41 heavy (non-hydrogen) atoms. The van der Waals surface area contributed by atoms with Crippen LogP contribution < -0.4 is 0 Å². The monoisotopic (exact) mass is 568 g/mol. The molecule has 2 saturated heterocycles. The molecule has 1 aromatic rings. The molecule has 3 N–H and O–H groups in total. The third-order valence-corrected chi connectivity index (χ3v) is 9.33. The third kappa shape index (κ3) is 6.96. The van der Waals surface area contributed by atoms with E-state index in [4.69, 9.17) is 14.2 Å². The van der Waals surface area contributed by atoms with Crippen molar-refractivity contribution in [2.24, 2.45) is 17.8 Å². The van der Waals surface area contributed by atoms with Crippen molar-refractivity contribution in [1.29, 1.82) is 0 Å². The number of phenols is 1. The summed E-state index contributed by atoms with van der Waals surface area (Å²) in [5.41, 5.74) is 3.18. The first kappa shape index (κ1) is 31.5. The van der Waals surface area contributed by atoms with E-state index in [1.165, 1.54) is 0 Å². The van der Waals surface area contributed by atoms with E-state index in [1.54, 1.807) is 19.1 Å². The minimum absolute atomic E-state index is 0.0461. The summed E-state index contributed by atoms with van der Waals surface area (Å²) < 4.78 is 19.6. The Morgan fingerprint density at radius 2 is 1.78 bits per heavy atom. The molecule has 1 aromatic carbocycles. The van der Waals surface area contributed by atoms with Gasteiger partial charge in [-0.1, -0.05) is 58.4 Å². The van der Waals surface area contributed by atoms with Crippen LogP contribution in [0.25, 0.3) is 5.57 Å². The van der Waals surface area contributed by atoms with Crippen molar-refractivity contribution in [3.05, 3.63) is 58.7 Å². The number of hydrogen-bond donors (Lipinski definition) is 3. The highest BCUT2D eigenvalue weighted by atomic mass is 16.7. The molecule has 2 fully saturated rings. The molecule has 0 aliphatic carbocycles. The number of allylic oxidation sites excluding steroid dienone is 3. The lowest BCUT2D eigenvalue weighted by Crippen LogP contribution is -2.59. The van der Waals surface area contributed by atoms with Crippen LogP contribution in [0, 0.1) is 24.7 Å². The molecule has 4 rings (SSSR count). The fourth-order valence-corrected chi connectivity index (χ4v) is 6.39. The molecule has 226 valence electrons. The lowest BCUT2D eigenvalue weighted by molar-refractivity contribution is -0.353. The van der Waals surface area contributed by atoms with Gasteiger partial charge in [-0.15, -0.1) is 0 Å². The summed E-state index contributed by atoms with van der Waals surface area (Å²) >= 11 is 0. The molecule has 1 spiro atoms. The number of carbonyl (C=O) groups excluding carboxylic acids is 1. The second-order valence-electron chi connectivity index (χ2n) is 12.6. The predicted molar refractivity (Wildman–Crippen MR) is 159 cm³/mol. The van der Waals surface area contributed by atoms with Gasteiger partial charge in [0.25, 0.3) is 0 Å². The van der Waals surface area contributed by atoms with Crippen molar-refractivity contribution >= 4 is 11.5 Å². The van der Waals surface area contributed by atoms with E-state index in [1.807, 2.05) is 52.0 Å². The minimum Gasteiger partial charge on any atom is -0.508 e. The van der Waals surface area contributed by atoms with Crippen molar-refractivity contribution in [3.63, 3.8) is 0 Å². The number of aromatic hydroxyl groups is 1. The maximum absolute atomic E-state index is 13.7. The van der Waals surface area contributed by atoms with Gasteiger partial charge in [0, 0.05) is 31.1 Å². The van der Waals surface area contributed by atoms with Crippen LogP contribution in [0.1, 0.15) is 95.1 Å². The van der Waals surface area contributed by atoms with Gasteiger partial charge in [-0.2, -0.15) is 0 Å². The highest BCUT2D eigenvalue weighted by molar-refractivity contribution is 5.96. The first-order valence-electron chi connectivity index (χ1n) is 15.1. The quantitative estimate of drug-likeness (QED) is 0.286. The average molecular weight is 569 g/mol. The number of fused-ring (bicyclic) bond motifs is 3. The summed E-state index contributed by atoms with van der Waals surface area (Å²) in [5, 5.41) is 32.6. The molecule has 3 aliphatic heterocycles. The Morgan fingerprint density at radius 3 is 2.49 bits per heavy atom. The second-order valence-corrected chi connectivity index (χ2v) is 12.6. The molecule has 7 heteroatoms. The first-order chi connectivity index (χ1) is 19.3. The lowest BCUT2D eigenvalue weighted by Gasteiger charge is -2.52. The fraction of sp³-hybridized carbons (Fsp3) is 0.618. The van der Waals surface area contributed by atoms with E-state index in [0.717, 1.165) is 17.6 Å². The first-order valence-corrected chi connectivity index (χ1v) is 15.1. The van der Waals surface area contributed by atoms with Crippen molar-refractivity contribution in [2.45, 2.75) is 117 Å². The van der Waals surface area contributed by atoms with Crippen LogP contribution in [-0.2, 0) is 14.2 Å². The summed E-state index contributed by atoms with van der Waals surface area (Å²) in [7, 11) is 0. The van der Waals surface area contributed by atoms with Crippen LogP contribution in [0.2, 0.25) is 0 Å². The average Bonchev–Trinajstić information content (AvgIpc) is 2.93. The lowest BCUT2D eigenvalue weighted by atomic mass is 9.79. The van der Waals surface area contributed by atoms with Crippen molar-refractivity contribution in [2.75, 3.05) is 0 Å². The molecule has 0 amide bonds. The van der Waals surface area contributed by atoms with Gasteiger partial charge in [0.05, 0.1) is 30.0 Å². The Morgan fingerprint density at radius 1 is 1.05 bits per heavy atom. The van der Waals surface area contributed by atoms with Crippen LogP contribution in [0.4, 0.5) is 0 Å². The number of carbonyl (C=O) groups is 1. The minimum atomic E-state index is -1.08. The zero-order chi connectivity index (χ0) is 30.1. The third-order valence-electron chi connectivity index (χ3n) is 9.33. The van der Waals surface area contributed by atoms with Gasteiger partial charge < -0.3 is 29.5 Å². The number of aliphatic hydroxyl groups excluding tert-OH is 2. The molecule has 3 aliphatic rings. The number of phenolic OH excluding ortho intramolecular Hbond substituents is 1. The fourth-order valence-electron chi connectivity index (χ4n) is 6.39. The number of aliphatic hydroxyl groups is 2. The topological polar surface area (TPSA) is 105 Å². The normalized spacial score (nSPS) is 39.0. The standard InChI is InChI=1S/C34H48O7/c1-8-19(2)32-24(7)30(36)18-34(41-32)17-26-15-25(40-34)13-12-22(5)31(37)21(4)11-9-10-20(3)27-16-29(35)23(6)14-28(27)33(38)39-26/h9-12,14,16,19,21,24-26,30-32,35-37H,8,13,15,17-18H2,1-7H3/b11-9+,20-10+,22-12+/t19?,21-,24-,25+,26-,30-,31-,32+,34+/m0/s1. The number of ether oxygens (including phenoxy) is 3. The summed E-state index contributed by atoms with van der Waals surface area (Å²) in [6.45, 7) is 13.8. The molecule has 0 saturated carbocycles. The largest absolute Gasteiger partial charge is 0.508 e. The molecule has 1 unspecified atom stereocenters. The number of aryl methyl sites for hydroxylation is 1. The van der Waals surface area contributed by atoms with Gasteiger partial charge in [0.2, 0.25) is 0 Å². The van der Waals surface area contributed by atoms with Crippen molar-refractivity contribution in [3.8, 4) is 5.75 Å². The molecule has 3 heterocycles. The van der Waals surface area contributed by atoms with Crippen LogP contribution in [-0.4, -0.2) is 57.6 Å². The van der Waals surface area contributed by atoms with Gasteiger partial charge in [0.1, 0.15) is 11.9 Å². The smallest absolute Gasteiger partial charge is 0.339 e. The molecule has 0 radical (unpaired) electrons. The maximum atomic E-state index is 13.7. The Kier molecular flexibility index (Phi) is 9.85. The van der Waals surface area contributed by atoms with E-state index < -0.39 is 30.1 Å². The Balaban J connectivity index is 1.76. The molecule has 7 nitrogen and oxygen atoms in total. The maximum Gasteiger partial charge on any atom is 0.339 e. The number of benzene rings is 1. The van der Waals surface area contributed by atoms with Gasteiger partial charge >= 0.3 is 5.97 Å². The highest BCUT2D eigenvalue weighted by Gasteiger charge is 2.52. The van der Waals surface area contributed by atoms with Crippen LogP contribution >= 0.6 is 0 Å². The Bertz CT molecular complexity index is 1200. The number of rotatable bonds is 2. The zero-order valence-electron chi connectivity index (χ0n) is 25.6. The second kappa shape index (κ2) is 12.8. The van der Waals surface area contributed by atoms with Gasteiger partial charge in [-0.05, 0) is 67.5 Å². The van der Waals surface area contributed by atoms with Gasteiger partial charge in [0.15, 0.2) is 5.79 Å². The summed E-state index contributed by atoms with van der Waals surface area (Å²) in [4.78, 5) is 13.7. The van der Waals surface area contributed by atoms with E-state index in [0.29, 0.717) is 42.4 Å². The zero-order valence-corrected chi connectivity index (χ0v) is 25.6.